The van der Waals surface area contributed by atoms with Gasteiger partial charge in [0.2, 0.25) is 0 Å². The zero-order chi connectivity index (χ0) is 17.6. The Morgan fingerprint density at radius 2 is 1.29 bits per heavy atom. The van der Waals surface area contributed by atoms with Crippen LogP contribution >= 0.6 is 0 Å². The lowest BCUT2D eigenvalue weighted by atomic mass is 10.1. The molecule has 0 unspecified atom stereocenters. The maximum Gasteiger partial charge on any atom is 0.188 e. The minimum atomic E-state index is 0.381. The van der Waals surface area contributed by atoms with Gasteiger partial charge in [0.05, 0.1) is 12.9 Å². The van der Waals surface area contributed by atoms with Gasteiger partial charge >= 0.3 is 0 Å². The lowest BCUT2D eigenvalue weighted by Gasteiger charge is -2.04. The zero-order valence-corrected chi connectivity index (χ0v) is 16.0. The van der Waals surface area contributed by atoms with E-state index in [0.29, 0.717) is 6.79 Å². The highest BCUT2D eigenvalue weighted by Crippen LogP contribution is 2.09. The predicted molar refractivity (Wildman–Crippen MR) is 102 cm³/mol. The molecule has 0 atom stereocenters. The molecule has 0 saturated carbocycles. The number of carbonyl (C=O) groups is 1. The monoisotopic (exact) mass is 340 g/mol. The van der Waals surface area contributed by atoms with Gasteiger partial charge in [0.25, 0.3) is 0 Å². The first-order valence-corrected chi connectivity index (χ1v) is 10.2. The van der Waals surface area contributed by atoms with Gasteiger partial charge in [0.1, 0.15) is 6.29 Å². The summed E-state index contributed by atoms with van der Waals surface area (Å²) in [5, 5.41) is 0. The Morgan fingerprint density at radius 3 is 1.96 bits per heavy atom. The Labute approximate surface area is 150 Å². The summed E-state index contributed by atoms with van der Waals surface area (Å²) in [5.74, 6) is 0. The van der Waals surface area contributed by atoms with Crippen molar-refractivity contribution >= 4 is 6.29 Å². The van der Waals surface area contributed by atoms with Crippen molar-refractivity contribution in [3.05, 3.63) is 12.3 Å². The lowest BCUT2D eigenvalue weighted by molar-refractivity contribution is -0.107. The van der Waals surface area contributed by atoms with Crippen LogP contribution in [0.15, 0.2) is 12.3 Å². The molecule has 0 radical (unpaired) electrons. The summed E-state index contributed by atoms with van der Waals surface area (Å²) in [5.41, 5.74) is 0. The van der Waals surface area contributed by atoms with Gasteiger partial charge in [-0.3, -0.25) is 0 Å². The number of aldehydes is 1. The fourth-order valence-corrected chi connectivity index (χ4v) is 2.64. The van der Waals surface area contributed by atoms with Gasteiger partial charge < -0.3 is 14.3 Å². The molecule has 0 rings (SSSR count). The highest BCUT2D eigenvalue weighted by Gasteiger charge is 1.92. The minimum Gasteiger partial charge on any atom is -0.475 e. The molecule has 0 aliphatic rings. The van der Waals surface area contributed by atoms with Crippen LogP contribution in [0.25, 0.3) is 0 Å². The average Bonchev–Trinajstić information content (AvgIpc) is 2.60. The summed E-state index contributed by atoms with van der Waals surface area (Å²) in [7, 11) is 0. The Kier molecular flexibility index (Phi) is 21.4. The molecular formula is C21H40O3. The minimum absolute atomic E-state index is 0.381. The zero-order valence-electron chi connectivity index (χ0n) is 16.0. The highest BCUT2D eigenvalue weighted by atomic mass is 16.7. The van der Waals surface area contributed by atoms with Gasteiger partial charge in [0.15, 0.2) is 6.79 Å². The Balaban J connectivity index is 3.05. The topological polar surface area (TPSA) is 35.5 Å². The Bertz CT molecular complexity index is 264. The lowest BCUT2D eigenvalue weighted by Crippen LogP contribution is -1.98. The Morgan fingerprint density at radius 1 is 0.708 bits per heavy atom. The summed E-state index contributed by atoms with van der Waals surface area (Å²) in [6, 6.07) is 0. The van der Waals surface area contributed by atoms with Crippen LogP contribution in [0.3, 0.4) is 0 Å². The second-order valence-electron chi connectivity index (χ2n) is 6.55. The van der Waals surface area contributed by atoms with E-state index >= 15 is 0 Å². The second-order valence-corrected chi connectivity index (χ2v) is 6.55. The molecule has 0 saturated heterocycles. The first kappa shape index (κ1) is 23.2. The summed E-state index contributed by atoms with van der Waals surface area (Å²) in [6.45, 7) is 3.44. The second kappa shape index (κ2) is 22.2. The van der Waals surface area contributed by atoms with E-state index in [-0.39, 0.29) is 0 Å². The van der Waals surface area contributed by atoms with Gasteiger partial charge in [-0.05, 0) is 31.8 Å². The molecule has 3 heteroatoms. The van der Waals surface area contributed by atoms with Crippen LogP contribution in [0, 0.1) is 0 Å². The van der Waals surface area contributed by atoms with Crippen molar-refractivity contribution in [3.8, 4) is 0 Å². The van der Waals surface area contributed by atoms with Crippen molar-refractivity contribution in [1.82, 2.24) is 0 Å². The van der Waals surface area contributed by atoms with Gasteiger partial charge in [-0.1, -0.05) is 71.1 Å². The molecule has 0 heterocycles. The van der Waals surface area contributed by atoms with E-state index in [9.17, 15) is 4.79 Å². The van der Waals surface area contributed by atoms with Gasteiger partial charge in [-0.25, -0.2) is 0 Å². The van der Waals surface area contributed by atoms with Crippen LogP contribution in [-0.4, -0.2) is 19.7 Å². The molecule has 0 aromatic carbocycles. The average molecular weight is 341 g/mol. The molecule has 0 aliphatic heterocycles. The van der Waals surface area contributed by atoms with Crippen LogP contribution in [0.4, 0.5) is 0 Å². The van der Waals surface area contributed by atoms with Crippen LogP contribution in [-0.2, 0) is 14.3 Å². The molecule has 3 nitrogen and oxygen atoms in total. The van der Waals surface area contributed by atoms with Gasteiger partial charge in [-0.2, -0.15) is 0 Å². The van der Waals surface area contributed by atoms with Crippen molar-refractivity contribution in [2.24, 2.45) is 0 Å². The van der Waals surface area contributed by atoms with Crippen molar-refractivity contribution in [2.45, 2.75) is 103 Å². The van der Waals surface area contributed by atoms with E-state index < -0.39 is 0 Å². The molecule has 0 aliphatic carbocycles. The third-order valence-electron chi connectivity index (χ3n) is 4.18. The number of carbonyl (C=O) groups excluding carboxylic acids is 1. The molecule has 24 heavy (non-hydrogen) atoms. The molecule has 142 valence electrons. The van der Waals surface area contributed by atoms with E-state index in [0.717, 1.165) is 38.6 Å². The van der Waals surface area contributed by atoms with E-state index in [1.54, 1.807) is 6.26 Å². The standard InChI is InChI=1S/C21H40O3/c1-2-3-4-5-13-16-19-23-21-24-20-17-14-11-9-7-6-8-10-12-15-18-22/h17-18,20H,2-16,19,21H2,1H3. The molecule has 0 N–H and O–H groups in total. The van der Waals surface area contributed by atoms with Gasteiger partial charge in [-0.15, -0.1) is 0 Å². The number of allylic oxidation sites excluding steroid dienone is 1. The van der Waals surface area contributed by atoms with Crippen LogP contribution in [0.5, 0.6) is 0 Å². The van der Waals surface area contributed by atoms with Crippen LogP contribution < -0.4 is 0 Å². The number of hydrogen-bond donors (Lipinski definition) is 0. The smallest absolute Gasteiger partial charge is 0.188 e. The number of rotatable bonds is 20. The first-order valence-electron chi connectivity index (χ1n) is 10.2. The van der Waals surface area contributed by atoms with Crippen molar-refractivity contribution in [3.63, 3.8) is 0 Å². The van der Waals surface area contributed by atoms with Crippen LogP contribution in [0.1, 0.15) is 103 Å². The maximum absolute atomic E-state index is 10.2. The van der Waals surface area contributed by atoms with Crippen molar-refractivity contribution in [1.29, 1.82) is 0 Å². The van der Waals surface area contributed by atoms with Crippen molar-refractivity contribution < 1.29 is 14.3 Å². The maximum atomic E-state index is 10.2. The summed E-state index contributed by atoms with van der Waals surface area (Å²) < 4.78 is 10.8. The third-order valence-corrected chi connectivity index (χ3v) is 4.18. The van der Waals surface area contributed by atoms with Crippen LogP contribution in [0.2, 0.25) is 0 Å². The fourth-order valence-electron chi connectivity index (χ4n) is 2.64. The fraction of sp³-hybridized carbons (Fsp3) is 0.857. The Hall–Kier alpha value is -0.830. The van der Waals surface area contributed by atoms with E-state index in [4.69, 9.17) is 9.47 Å². The molecule has 0 aromatic heterocycles. The van der Waals surface area contributed by atoms with E-state index in [2.05, 4.69) is 13.0 Å². The van der Waals surface area contributed by atoms with Crippen molar-refractivity contribution in [2.75, 3.05) is 13.4 Å². The summed E-state index contributed by atoms with van der Waals surface area (Å²) in [6.07, 6.45) is 23.1. The molecular weight excluding hydrogens is 300 g/mol. The SMILES string of the molecule is CCCCCCCCOCOC=CCCCCCCCCCC=O. The molecule has 0 bridgehead atoms. The molecule has 0 amide bonds. The predicted octanol–water partition coefficient (Wildman–Crippen LogP) is 6.56. The highest BCUT2D eigenvalue weighted by molar-refractivity contribution is 5.48. The number of ether oxygens (including phenoxy) is 2. The van der Waals surface area contributed by atoms with Gasteiger partial charge in [0, 0.05) is 6.42 Å². The first-order chi connectivity index (χ1) is 11.9. The largest absolute Gasteiger partial charge is 0.475 e. The van der Waals surface area contributed by atoms with E-state index in [1.807, 2.05) is 0 Å². The quantitative estimate of drug-likeness (QED) is 0.109. The molecule has 0 aromatic rings. The number of unbranched alkanes of at least 4 members (excludes halogenated alkanes) is 13. The third kappa shape index (κ3) is 21.2. The molecule has 0 spiro atoms. The number of hydrogen-bond acceptors (Lipinski definition) is 3. The van der Waals surface area contributed by atoms with E-state index in [1.165, 1.54) is 70.6 Å². The summed E-state index contributed by atoms with van der Waals surface area (Å²) in [4.78, 5) is 10.2. The normalized spacial score (nSPS) is 11.2. The summed E-state index contributed by atoms with van der Waals surface area (Å²) >= 11 is 0. The molecule has 0 fully saturated rings.